The fraction of sp³-hybridized carbons (Fsp3) is 0.533. The molecule has 0 aromatic heterocycles. The summed E-state index contributed by atoms with van der Waals surface area (Å²) in [5, 5.41) is 0. The van der Waals surface area contributed by atoms with Gasteiger partial charge in [0.1, 0.15) is 5.82 Å². The van der Waals surface area contributed by atoms with Crippen LogP contribution in [0.15, 0.2) is 24.3 Å². The van der Waals surface area contributed by atoms with Crippen LogP contribution in [0, 0.1) is 11.2 Å². The van der Waals surface area contributed by atoms with E-state index in [0.717, 1.165) is 5.56 Å². The Morgan fingerprint density at radius 2 is 1.80 bits per heavy atom. The third kappa shape index (κ3) is 5.47. The molecule has 1 rings (SSSR count). The van der Waals surface area contributed by atoms with Crippen molar-refractivity contribution in [3.63, 3.8) is 0 Å². The highest BCUT2D eigenvalue weighted by atomic mass is 35.5. The second-order valence-corrected chi connectivity index (χ2v) is 5.98. The lowest BCUT2D eigenvalue weighted by Crippen LogP contribution is -2.49. The van der Waals surface area contributed by atoms with Gasteiger partial charge in [-0.2, -0.15) is 0 Å². The van der Waals surface area contributed by atoms with Crippen molar-refractivity contribution in [2.75, 3.05) is 13.6 Å². The van der Waals surface area contributed by atoms with Gasteiger partial charge in [-0.1, -0.05) is 32.9 Å². The summed E-state index contributed by atoms with van der Waals surface area (Å²) in [6.07, 6.45) is 0.694. The minimum atomic E-state index is -0.509. The minimum absolute atomic E-state index is 0. The van der Waals surface area contributed by atoms with Crippen LogP contribution >= 0.6 is 12.4 Å². The van der Waals surface area contributed by atoms with E-state index in [9.17, 15) is 9.18 Å². The summed E-state index contributed by atoms with van der Waals surface area (Å²) < 4.78 is 12.8. The highest BCUT2D eigenvalue weighted by Crippen LogP contribution is 2.18. The van der Waals surface area contributed by atoms with Crippen molar-refractivity contribution in [3.05, 3.63) is 35.6 Å². The van der Waals surface area contributed by atoms with Gasteiger partial charge in [-0.3, -0.25) is 4.79 Å². The van der Waals surface area contributed by atoms with Crippen molar-refractivity contribution in [2.24, 2.45) is 11.1 Å². The number of carbonyl (C=O) groups excluding carboxylic acids is 1. The molecule has 0 radical (unpaired) electrons. The van der Waals surface area contributed by atoms with Crippen LogP contribution in [0.5, 0.6) is 0 Å². The van der Waals surface area contributed by atoms with E-state index in [1.807, 2.05) is 20.8 Å². The Bertz CT molecular complexity index is 428. The Labute approximate surface area is 126 Å². The molecule has 5 heteroatoms. The quantitative estimate of drug-likeness (QED) is 0.929. The second kappa shape index (κ2) is 7.60. The summed E-state index contributed by atoms with van der Waals surface area (Å²) in [7, 11) is 1.75. The smallest absolute Gasteiger partial charge is 0.239 e. The van der Waals surface area contributed by atoms with Crippen LogP contribution in [0.4, 0.5) is 4.39 Å². The molecule has 0 bridgehead atoms. The molecule has 1 amide bonds. The molecule has 2 N–H and O–H groups in total. The first-order valence-corrected chi connectivity index (χ1v) is 6.47. The summed E-state index contributed by atoms with van der Waals surface area (Å²) in [5.41, 5.74) is 6.70. The fourth-order valence-electron chi connectivity index (χ4n) is 1.67. The van der Waals surface area contributed by atoms with Gasteiger partial charge in [-0.15, -0.1) is 12.4 Å². The van der Waals surface area contributed by atoms with Crippen LogP contribution in [0.3, 0.4) is 0 Å². The Kier molecular flexibility index (Phi) is 7.17. The molecule has 0 fully saturated rings. The van der Waals surface area contributed by atoms with Gasteiger partial charge in [0, 0.05) is 13.6 Å². The first-order chi connectivity index (χ1) is 8.71. The third-order valence-electron chi connectivity index (χ3n) is 3.22. The van der Waals surface area contributed by atoms with Gasteiger partial charge < -0.3 is 10.6 Å². The third-order valence-corrected chi connectivity index (χ3v) is 3.22. The fourth-order valence-corrected chi connectivity index (χ4v) is 1.67. The molecule has 0 saturated carbocycles. The summed E-state index contributed by atoms with van der Waals surface area (Å²) in [4.78, 5) is 13.7. The lowest BCUT2D eigenvalue weighted by Gasteiger charge is -2.30. The number of amides is 1. The Balaban J connectivity index is 0.00000361. The van der Waals surface area contributed by atoms with Crippen molar-refractivity contribution < 1.29 is 9.18 Å². The Hall–Kier alpha value is -1.13. The van der Waals surface area contributed by atoms with E-state index in [0.29, 0.717) is 13.0 Å². The predicted molar refractivity (Wildman–Crippen MR) is 82.4 cm³/mol. The molecule has 1 atom stereocenters. The summed E-state index contributed by atoms with van der Waals surface area (Å²) >= 11 is 0. The average molecular weight is 303 g/mol. The van der Waals surface area contributed by atoms with Crippen LogP contribution in [0.25, 0.3) is 0 Å². The van der Waals surface area contributed by atoms with Crippen LogP contribution in [-0.2, 0) is 11.2 Å². The van der Waals surface area contributed by atoms with Crippen molar-refractivity contribution in [1.82, 2.24) is 4.90 Å². The maximum absolute atomic E-state index is 12.8. The molecule has 3 nitrogen and oxygen atoms in total. The number of benzene rings is 1. The lowest BCUT2D eigenvalue weighted by molar-refractivity contribution is -0.133. The molecule has 114 valence electrons. The largest absolute Gasteiger partial charge is 0.344 e. The van der Waals surface area contributed by atoms with Gasteiger partial charge in [0.05, 0.1) is 6.04 Å². The highest BCUT2D eigenvalue weighted by molar-refractivity contribution is 5.85. The standard InChI is InChI=1S/C15H23FN2O.ClH/c1-15(2,3)13(17)14(19)18(4)10-9-11-5-7-12(16)8-6-11;/h5-8,13H,9-10,17H2,1-4H3;1H/t13-;/m1./s1. The van der Waals surface area contributed by atoms with Gasteiger partial charge in [0.2, 0.25) is 5.91 Å². The zero-order chi connectivity index (χ0) is 14.6. The molecule has 0 aliphatic heterocycles. The zero-order valence-electron chi connectivity index (χ0n) is 12.5. The highest BCUT2D eigenvalue weighted by Gasteiger charge is 2.29. The molecule has 0 aliphatic carbocycles. The van der Waals surface area contributed by atoms with Crippen LogP contribution < -0.4 is 5.73 Å². The molecule has 0 aliphatic rings. The molecule has 0 spiro atoms. The van der Waals surface area contributed by atoms with Crippen molar-refractivity contribution in [3.8, 4) is 0 Å². The number of hydrogen-bond donors (Lipinski definition) is 1. The topological polar surface area (TPSA) is 46.3 Å². The lowest BCUT2D eigenvalue weighted by atomic mass is 9.86. The molecule has 1 aromatic rings. The summed E-state index contributed by atoms with van der Waals surface area (Å²) in [6, 6.07) is 5.82. The van der Waals surface area contributed by atoms with E-state index < -0.39 is 6.04 Å². The number of halogens is 2. The van der Waals surface area contributed by atoms with E-state index in [4.69, 9.17) is 5.73 Å². The number of rotatable bonds is 4. The van der Waals surface area contributed by atoms with Crippen molar-refractivity contribution in [1.29, 1.82) is 0 Å². The molecule has 1 aromatic carbocycles. The van der Waals surface area contributed by atoms with E-state index in [-0.39, 0.29) is 29.5 Å². The van der Waals surface area contributed by atoms with Gasteiger partial charge in [0.15, 0.2) is 0 Å². The monoisotopic (exact) mass is 302 g/mol. The number of likely N-dealkylation sites (N-methyl/N-ethyl adjacent to an activating group) is 1. The predicted octanol–water partition coefficient (Wildman–Crippen LogP) is 2.62. The van der Waals surface area contributed by atoms with Crippen LogP contribution in [0.2, 0.25) is 0 Å². The minimum Gasteiger partial charge on any atom is -0.344 e. The number of carbonyl (C=O) groups is 1. The SMILES string of the molecule is CN(CCc1ccc(F)cc1)C(=O)[C@@H](N)C(C)(C)C.Cl. The maximum atomic E-state index is 12.8. The van der Waals surface area contributed by atoms with E-state index in [1.165, 1.54) is 12.1 Å². The van der Waals surface area contributed by atoms with Gasteiger partial charge in [-0.25, -0.2) is 4.39 Å². The molecular weight excluding hydrogens is 279 g/mol. The van der Waals surface area contributed by atoms with Gasteiger partial charge in [0.25, 0.3) is 0 Å². The molecule has 0 heterocycles. The zero-order valence-corrected chi connectivity index (χ0v) is 13.3. The first kappa shape index (κ1) is 18.9. The number of hydrogen-bond acceptors (Lipinski definition) is 2. The normalized spacial score (nSPS) is 12.5. The maximum Gasteiger partial charge on any atom is 0.239 e. The van der Waals surface area contributed by atoms with Crippen molar-refractivity contribution >= 4 is 18.3 Å². The number of nitrogens with zero attached hydrogens (tertiary/aromatic N) is 1. The summed E-state index contributed by atoms with van der Waals surface area (Å²) in [6.45, 7) is 6.42. The molecular formula is C15H24ClFN2O. The second-order valence-electron chi connectivity index (χ2n) is 5.98. The van der Waals surface area contributed by atoms with Crippen LogP contribution in [0.1, 0.15) is 26.3 Å². The average Bonchev–Trinajstić information content (AvgIpc) is 2.34. The van der Waals surface area contributed by atoms with Crippen molar-refractivity contribution in [2.45, 2.75) is 33.2 Å². The molecule has 0 unspecified atom stereocenters. The van der Waals surface area contributed by atoms with Crippen LogP contribution in [-0.4, -0.2) is 30.4 Å². The Morgan fingerprint density at radius 3 is 2.25 bits per heavy atom. The van der Waals surface area contributed by atoms with E-state index in [1.54, 1.807) is 24.1 Å². The van der Waals surface area contributed by atoms with E-state index in [2.05, 4.69) is 0 Å². The summed E-state index contributed by atoms with van der Waals surface area (Å²) in [5.74, 6) is -0.308. The Morgan fingerprint density at radius 1 is 1.30 bits per heavy atom. The first-order valence-electron chi connectivity index (χ1n) is 6.47. The van der Waals surface area contributed by atoms with E-state index >= 15 is 0 Å². The molecule has 0 saturated heterocycles. The number of nitrogens with two attached hydrogens (primary N) is 1. The van der Waals surface area contributed by atoms with Gasteiger partial charge >= 0.3 is 0 Å². The molecule has 20 heavy (non-hydrogen) atoms. The van der Waals surface area contributed by atoms with Gasteiger partial charge in [-0.05, 0) is 29.5 Å².